The molecule has 0 saturated heterocycles. The third-order valence-electron chi connectivity index (χ3n) is 2.52. The molecule has 0 bridgehead atoms. The predicted octanol–water partition coefficient (Wildman–Crippen LogP) is 2.98. The van der Waals surface area contributed by atoms with Gasteiger partial charge in [-0.1, -0.05) is 11.6 Å². The number of halogens is 2. The number of hydrogen-bond acceptors (Lipinski definition) is 3. The minimum Gasteiger partial charge on any atom is -0.478 e. The van der Waals surface area contributed by atoms with Crippen molar-refractivity contribution in [2.75, 3.05) is 4.72 Å². The summed E-state index contributed by atoms with van der Waals surface area (Å²) in [5, 5.41) is 8.89. The van der Waals surface area contributed by atoms with Gasteiger partial charge in [0.2, 0.25) is 0 Å². The van der Waals surface area contributed by atoms with Crippen LogP contribution in [0.25, 0.3) is 0 Å². The van der Waals surface area contributed by atoms with E-state index in [1.807, 2.05) is 0 Å². The Kier molecular flexibility index (Phi) is 4.15. The first-order valence-corrected chi connectivity index (χ1v) is 7.46. The summed E-state index contributed by atoms with van der Waals surface area (Å²) in [6, 6.07) is 7.93. The van der Waals surface area contributed by atoms with Crippen LogP contribution in [0.15, 0.2) is 47.4 Å². The molecule has 110 valence electrons. The number of carboxylic acid groups (broad SMARTS) is 1. The molecule has 2 rings (SSSR count). The van der Waals surface area contributed by atoms with Crippen LogP contribution in [0.3, 0.4) is 0 Å². The van der Waals surface area contributed by atoms with Gasteiger partial charge in [-0.25, -0.2) is 17.6 Å². The zero-order valence-corrected chi connectivity index (χ0v) is 12.0. The zero-order valence-electron chi connectivity index (χ0n) is 10.4. The van der Waals surface area contributed by atoms with Crippen LogP contribution in [-0.4, -0.2) is 19.5 Å². The van der Waals surface area contributed by atoms with Crippen molar-refractivity contribution in [3.8, 4) is 0 Å². The fraction of sp³-hybridized carbons (Fsp3) is 0. The highest BCUT2D eigenvalue weighted by Crippen LogP contribution is 2.22. The van der Waals surface area contributed by atoms with Crippen LogP contribution in [0.2, 0.25) is 5.02 Å². The van der Waals surface area contributed by atoms with Crippen LogP contribution < -0.4 is 4.72 Å². The lowest BCUT2D eigenvalue weighted by Crippen LogP contribution is -2.14. The number of aromatic carboxylic acids is 1. The summed E-state index contributed by atoms with van der Waals surface area (Å²) in [7, 11) is -4.02. The Hall–Kier alpha value is -2.12. The van der Waals surface area contributed by atoms with E-state index in [0.717, 1.165) is 30.3 Å². The topological polar surface area (TPSA) is 83.5 Å². The second-order valence-electron chi connectivity index (χ2n) is 4.09. The number of sulfonamides is 1. The van der Waals surface area contributed by atoms with Gasteiger partial charge < -0.3 is 5.11 Å². The monoisotopic (exact) mass is 329 g/mol. The molecule has 21 heavy (non-hydrogen) atoms. The third kappa shape index (κ3) is 3.71. The molecule has 0 aliphatic carbocycles. The summed E-state index contributed by atoms with van der Waals surface area (Å²) >= 11 is 5.72. The number of carboxylic acids is 1. The number of hydrogen-bond donors (Lipinski definition) is 2. The van der Waals surface area contributed by atoms with Crippen molar-refractivity contribution in [3.63, 3.8) is 0 Å². The molecule has 0 aliphatic rings. The van der Waals surface area contributed by atoms with Crippen molar-refractivity contribution in [2.24, 2.45) is 0 Å². The predicted molar refractivity (Wildman–Crippen MR) is 75.6 cm³/mol. The van der Waals surface area contributed by atoms with Crippen molar-refractivity contribution < 1.29 is 22.7 Å². The number of rotatable bonds is 4. The van der Waals surface area contributed by atoms with Crippen molar-refractivity contribution in [1.29, 1.82) is 0 Å². The molecule has 0 atom stereocenters. The summed E-state index contributed by atoms with van der Waals surface area (Å²) in [5.74, 6) is -1.80. The highest BCUT2D eigenvalue weighted by atomic mass is 35.5. The second kappa shape index (κ2) is 5.71. The Labute approximate surface area is 125 Å². The van der Waals surface area contributed by atoms with E-state index in [2.05, 4.69) is 4.72 Å². The maximum absolute atomic E-state index is 12.8. The smallest absolute Gasteiger partial charge is 0.335 e. The van der Waals surface area contributed by atoms with E-state index in [0.29, 0.717) is 0 Å². The van der Waals surface area contributed by atoms with Gasteiger partial charge in [0.05, 0.1) is 10.5 Å². The average molecular weight is 330 g/mol. The molecule has 2 N–H and O–H groups in total. The van der Waals surface area contributed by atoms with Crippen molar-refractivity contribution in [3.05, 3.63) is 58.9 Å². The van der Waals surface area contributed by atoms with Crippen LogP contribution in [-0.2, 0) is 10.0 Å². The maximum Gasteiger partial charge on any atom is 0.335 e. The van der Waals surface area contributed by atoms with Gasteiger partial charge in [0.15, 0.2) is 0 Å². The molecule has 0 fully saturated rings. The summed E-state index contributed by atoms with van der Waals surface area (Å²) in [6.45, 7) is 0. The van der Waals surface area contributed by atoms with Crippen molar-refractivity contribution in [1.82, 2.24) is 0 Å². The van der Waals surface area contributed by atoms with Crippen molar-refractivity contribution >= 4 is 33.3 Å². The van der Waals surface area contributed by atoms with Gasteiger partial charge in [-0.05, 0) is 42.5 Å². The Morgan fingerprint density at radius 3 is 2.33 bits per heavy atom. The van der Waals surface area contributed by atoms with Crippen LogP contribution >= 0.6 is 11.6 Å². The Morgan fingerprint density at radius 2 is 1.76 bits per heavy atom. The Balaban J connectivity index is 2.39. The molecule has 0 unspecified atom stereocenters. The molecule has 0 radical (unpaired) electrons. The molecule has 0 aliphatic heterocycles. The third-order valence-corrected chi connectivity index (χ3v) is 4.10. The zero-order chi connectivity index (χ0) is 15.6. The van der Waals surface area contributed by atoms with Gasteiger partial charge in [-0.15, -0.1) is 0 Å². The molecule has 2 aromatic rings. The van der Waals surface area contributed by atoms with Gasteiger partial charge in [0.25, 0.3) is 10.0 Å². The SMILES string of the molecule is O=C(O)c1cc(Cl)cc(S(=O)(=O)Nc2ccc(F)cc2)c1. The fourth-order valence-corrected chi connectivity index (χ4v) is 3.00. The summed E-state index contributed by atoms with van der Waals surface area (Å²) in [5.41, 5.74) is -0.102. The largest absolute Gasteiger partial charge is 0.478 e. The van der Waals surface area contributed by atoms with Crippen LogP contribution in [0.5, 0.6) is 0 Å². The van der Waals surface area contributed by atoms with Crippen molar-refractivity contribution in [2.45, 2.75) is 4.90 Å². The Morgan fingerprint density at radius 1 is 1.14 bits per heavy atom. The number of carbonyl (C=O) groups is 1. The Bertz CT molecular complexity index is 790. The first-order valence-electron chi connectivity index (χ1n) is 5.60. The van der Waals surface area contributed by atoms with E-state index < -0.39 is 21.8 Å². The van der Waals surface area contributed by atoms with E-state index in [9.17, 15) is 17.6 Å². The first-order chi connectivity index (χ1) is 9.78. The summed E-state index contributed by atoms with van der Waals surface area (Å²) in [6.07, 6.45) is 0. The van der Waals surface area contributed by atoms with E-state index in [1.165, 1.54) is 12.1 Å². The normalized spacial score (nSPS) is 11.1. The van der Waals surface area contributed by atoms with Crippen LogP contribution in [0.1, 0.15) is 10.4 Å². The number of nitrogens with one attached hydrogen (secondary N) is 1. The van der Waals surface area contributed by atoms with E-state index in [1.54, 1.807) is 0 Å². The molecular formula is C13H9ClFNO4S. The van der Waals surface area contributed by atoms with E-state index in [4.69, 9.17) is 16.7 Å². The van der Waals surface area contributed by atoms with E-state index >= 15 is 0 Å². The number of anilines is 1. The fourth-order valence-electron chi connectivity index (χ4n) is 1.57. The summed E-state index contributed by atoms with van der Waals surface area (Å²) < 4.78 is 39.3. The van der Waals surface area contributed by atoms with Gasteiger partial charge >= 0.3 is 5.97 Å². The average Bonchev–Trinajstić information content (AvgIpc) is 2.40. The molecule has 8 heteroatoms. The molecule has 0 saturated carbocycles. The van der Waals surface area contributed by atoms with Gasteiger partial charge in [-0.2, -0.15) is 0 Å². The quantitative estimate of drug-likeness (QED) is 0.903. The lowest BCUT2D eigenvalue weighted by atomic mass is 10.2. The minimum absolute atomic E-state index is 0.0191. The lowest BCUT2D eigenvalue weighted by Gasteiger charge is -2.09. The van der Waals surface area contributed by atoms with Crippen LogP contribution in [0.4, 0.5) is 10.1 Å². The van der Waals surface area contributed by atoms with E-state index in [-0.39, 0.29) is 21.2 Å². The molecular weight excluding hydrogens is 321 g/mol. The molecule has 5 nitrogen and oxygen atoms in total. The van der Waals surface area contributed by atoms with Gasteiger partial charge in [0, 0.05) is 10.7 Å². The summed E-state index contributed by atoms with van der Waals surface area (Å²) in [4.78, 5) is 10.6. The lowest BCUT2D eigenvalue weighted by molar-refractivity contribution is 0.0696. The highest BCUT2D eigenvalue weighted by Gasteiger charge is 2.18. The van der Waals surface area contributed by atoms with Crippen LogP contribution in [0, 0.1) is 5.82 Å². The molecule has 0 aromatic heterocycles. The standard InChI is InChI=1S/C13H9ClFNO4S/c14-9-5-8(13(17)18)6-12(7-9)21(19,20)16-11-3-1-10(15)2-4-11/h1-7,16H,(H,17,18). The molecule has 2 aromatic carbocycles. The molecule has 0 heterocycles. The second-order valence-corrected chi connectivity index (χ2v) is 6.21. The minimum atomic E-state index is -4.02. The molecule has 0 amide bonds. The number of benzene rings is 2. The van der Waals surface area contributed by atoms with Gasteiger partial charge in [-0.3, -0.25) is 4.72 Å². The molecule has 0 spiro atoms. The highest BCUT2D eigenvalue weighted by molar-refractivity contribution is 7.92. The van der Waals surface area contributed by atoms with Gasteiger partial charge in [0.1, 0.15) is 5.82 Å². The maximum atomic E-state index is 12.8. The first kappa shape index (κ1) is 15.3.